The van der Waals surface area contributed by atoms with E-state index in [1.165, 1.54) is 186 Å². The molecular formula is C50H97NO8. The smallest absolute Gasteiger partial charge is 0.220 e. The van der Waals surface area contributed by atoms with Crippen molar-refractivity contribution in [3.8, 4) is 0 Å². The van der Waals surface area contributed by atoms with Gasteiger partial charge in [0.05, 0.1) is 25.4 Å². The summed E-state index contributed by atoms with van der Waals surface area (Å²) in [5.74, 6) is -0.172. The SMILES string of the molecule is CCCCCCCCCCCCCC/C=C/[C@@H](O)[C@H](CO[C@@H]1O[C@H](CO)[C@H](O)C(O)C1O)NC(=O)CCCCCCCCCCCCCCCCCCCCCCCC. The van der Waals surface area contributed by atoms with Gasteiger partial charge in [0.15, 0.2) is 6.29 Å². The van der Waals surface area contributed by atoms with Crippen LogP contribution in [0.2, 0.25) is 0 Å². The molecule has 1 aliphatic rings. The molecule has 9 heteroatoms. The molecule has 1 saturated heterocycles. The maximum atomic E-state index is 13.0. The molecule has 0 saturated carbocycles. The van der Waals surface area contributed by atoms with Gasteiger partial charge in [0.25, 0.3) is 0 Å². The highest BCUT2D eigenvalue weighted by Crippen LogP contribution is 2.23. The first-order valence-corrected chi connectivity index (χ1v) is 25.4. The summed E-state index contributed by atoms with van der Waals surface area (Å²) in [6, 6.07) is -0.798. The highest BCUT2D eigenvalue weighted by atomic mass is 16.7. The number of rotatable bonds is 43. The van der Waals surface area contributed by atoms with Gasteiger partial charge in [0.1, 0.15) is 24.4 Å². The first-order valence-electron chi connectivity index (χ1n) is 25.4. The Morgan fingerprint density at radius 2 is 0.932 bits per heavy atom. The van der Waals surface area contributed by atoms with E-state index in [4.69, 9.17) is 9.47 Å². The summed E-state index contributed by atoms with van der Waals surface area (Å²) < 4.78 is 11.2. The third-order valence-corrected chi connectivity index (χ3v) is 12.4. The lowest BCUT2D eigenvalue weighted by Gasteiger charge is -2.40. The number of nitrogens with one attached hydrogen (secondary N) is 1. The number of ether oxygens (including phenoxy) is 2. The zero-order chi connectivity index (χ0) is 43.0. The van der Waals surface area contributed by atoms with E-state index in [-0.39, 0.29) is 12.5 Å². The van der Waals surface area contributed by atoms with E-state index in [0.717, 1.165) is 38.5 Å². The lowest BCUT2D eigenvalue weighted by Crippen LogP contribution is -2.60. The molecule has 0 aromatic heterocycles. The number of hydrogen-bond acceptors (Lipinski definition) is 8. The fourth-order valence-electron chi connectivity index (χ4n) is 8.28. The molecule has 1 aliphatic heterocycles. The lowest BCUT2D eigenvalue weighted by molar-refractivity contribution is -0.302. The van der Waals surface area contributed by atoms with Gasteiger partial charge in [-0.2, -0.15) is 0 Å². The molecule has 0 aliphatic carbocycles. The Morgan fingerprint density at radius 3 is 1.32 bits per heavy atom. The van der Waals surface area contributed by atoms with Crippen LogP contribution < -0.4 is 5.32 Å². The molecule has 1 rings (SSSR count). The number of allylic oxidation sites excluding steroid dienone is 1. The normalized spacial score (nSPS) is 20.7. The maximum absolute atomic E-state index is 13.0. The number of aliphatic hydroxyl groups excluding tert-OH is 5. The number of carbonyl (C=O) groups excluding carboxylic acids is 1. The standard InChI is InChI=1S/C50H97NO8/c1-3-5-7-9-11-13-15-17-19-20-21-22-23-24-25-26-28-30-32-34-36-38-40-46(54)51-43(42-58-50-49(57)48(56)47(55)45(41-52)59-50)44(53)39-37-35-33-31-29-27-18-16-14-12-10-8-6-4-2/h37,39,43-45,47-50,52-53,55-57H,3-36,38,40-42H2,1-2H3,(H,51,54)/b39-37+/t43-,44+,45+,47-,48?,49?,50+/m0/s1. The van der Waals surface area contributed by atoms with E-state index in [1.54, 1.807) is 6.08 Å². The molecule has 1 fully saturated rings. The molecule has 59 heavy (non-hydrogen) atoms. The Labute approximate surface area is 363 Å². The molecule has 0 radical (unpaired) electrons. The van der Waals surface area contributed by atoms with E-state index in [1.807, 2.05) is 6.08 Å². The zero-order valence-corrected chi connectivity index (χ0v) is 38.5. The molecule has 350 valence electrons. The summed E-state index contributed by atoms with van der Waals surface area (Å²) in [7, 11) is 0. The minimum atomic E-state index is -1.56. The van der Waals surface area contributed by atoms with Gasteiger partial charge in [0.2, 0.25) is 5.91 Å². The van der Waals surface area contributed by atoms with E-state index in [0.29, 0.717) is 6.42 Å². The minimum Gasteiger partial charge on any atom is -0.394 e. The maximum Gasteiger partial charge on any atom is 0.220 e. The van der Waals surface area contributed by atoms with Gasteiger partial charge in [-0.1, -0.05) is 231 Å². The van der Waals surface area contributed by atoms with E-state index in [2.05, 4.69) is 19.2 Å². The summed E-state index contributed by atoms with van der Waals surface area (Å²) in [4.78, 5) is 13.0. The van der Waals surface area contributed by atoms with Crippen molar-refractivity contribution in [2.45, 2.75) is 288 Å². The largest absolute Gasteiger partial charge is 0.394 e. The third kappa shape index (κ3) is 31.4. The number of aliphatic hydroxyl groups is 5. The fourth-order valence-corrected chi connectivity index (χ4v) is 8.28. The lowest BCUT2D eigenvalue weighted by atomic mass is 9.99. The number of hydrogen-bond donors (Lipinski definition) is 6. The Kier molecular flexibility index (Phi) is 38.9. The topological polar surface area (TPSA) is 149 Å². The van der Waals surface area contributed by atoms with Crippen molar-refractivity contribution in [3.05, 3.63) is 12.2 Å². The molecule has 2 unspecified atom stereocenters. The van der Waals surface area contributed by atoms with E-state index < -0.39 is 49.5 Å². The molecule has 9 nitrogen and oxygen atoms in total. The van der Waals surface area contributed by atoms with Gasteiger partial charge < -0.3 is 40.3 Å². The predicted molar refractivity (Wildman–Crippen MR) is 244 cm³/mol. The summed E-state index contributed by atoms with van der Waals surface area (Å²) in [5.41, 5.74) is 0. The van der Waals surface area contributed by atoms with Crippen molar-refractivity contribution < 1.29 is 39.8 Å². The second-order valence-electron chi connectivity index (χ2n) is 18.0. The van der Waals surface area contributed by atoms with Crippen LogP contribution in [0, 0.1) is 0 Å². The van der Waals surface area contributed by atoms with Crippen LogP contribution in [0.1, 0.15) is 245 Å². The second-order valence-corrected chi connectivity index (χ2v) is 18.0. The Balaban J connectivity index is 2.26. The Bertz CT molecular complexity index is 935. The summed E-state index contributed by atoms with van der Waals surface area (Å²) >= 11 is 0. The molecule has 0 aromatic carbocycles. The Morgan fingerprint density at radius 1 is 0.559 bits per heavy atom. The molecule has 6 N–H and O–H groups in total. The monoisotopic (exact) mass is 840 g/mol. The highest BCUT2D eigenvalue weighted by molar-refractivity contribution is 5.76. The average Bonchev–Trinajstić information content (AvgIpc) is 3.23. The van der Waals surface area contributed by atoms with Crippen molar-refractivity contribution in [1.82, 2.24) is 5.32 Å². The number of unbranched alkanes of at least 4 members (excludes halogenated alkanes) is 33. The van der Waals surface area contributed by atoms with Crippen molar-refractivity contribution in [3.63, 3.8) is 0 Å². The van der Waals surface area contributed by atoms with Crippen LogP contribution in [0.3, 0.4) is 0 Å². The first-order chi connectivity index (χ1) is 28.8. The predicted octanol–water partition coefficient (Wildman–Crippen LogP) is 11.3. The van der Waals surface area contributed by atoms with Gasteiger partial charge in [-0.05, 0) is 19.3 Å². The number of amides is 1. The van der Waals surface area contributed by atoms with Gasteiger partial charge >= 0.3 is 0 Å². The van der Waals surface area contributed by atoms with Gasteiger partial charge in [-0.15, -0.1) is 0 Å². The van der Waals surface area contributed by atoms with E-state index in [9.17, 15) is 30.3 Å². The molecule has 0 spiro atoms. The van der Waals surface area contributed by atoms with Gasteiger partial charge in [0, 0.05) is 6.42 Å². The molecule has 0 bridgehead atoms. The highest BCUT2D eigenvalue weighted by Gasteiger charge is 2.44. The van der Waals surface area contributed by atoms with Gasteiger partial charge in [-0.25, -0.2) is 0 Å². The van der Waals surface area contributed by atoms with Crippen LogP contribution >= 0.6 is 0 Å². The van der Waals surface area contributed by atoms with Crippen molar-refractivity contribution >= 4 is 5.91 Å². The molecule has 1 amide bonds. The zero-order valence-electron chi connectivity index (χ0n) is 38.5. The summed E-state index contributed by atoms with van der Waals surface area (Å²) in [6.45, 7) is 3.80. The summed E-state index contributed by atoms with van der Waals surface area (Å²) in [6.07, 6.45) is 41.2. The number of carbonyl (C=O) groups is 1. The van der Waals surface area contributed by atoms with Crippen molar-refractivity contribution in [1.29, 1.82) is 0 Å². The first kappa shape index (κ1) is 55.9. The van der Waals surface area contributed by atoms with Crippen molar-refractivity contribution in [2.75, 3.05) is 13.2 Å². The van der Waals surface area contributed by atoms with Crippen LogP contribution in [0.5, 0.6) is 0 Å². The van der Waals surface area contributed by atoms with Crippen LogP contribution in [0.15, 0.2) is 12.2 Å². The minimum absolute atomic E-state index is 0.172. The summed E-state index contributed by atoms with van der Waals surface area (Å²) in [5, 5.41) is 54.3. The third-order valence-electron chi connectivity index (χ3n) is 12.4. The van der Waals surface area contributed by atoms with Crippen molar-refractivity contribution in [2.24, 2.45) is 0 Å². The van der Waals surface area contributed by atoms with Crippen LogP contribution in [-0.4, -0.2) is 87.5 Å². The van der Waals surface area contributed by atoms with Crippen LogP contribution in [0.25, 0.3) is 0 Å². The molecule has 7 atom stereocenters. The molecule has 1 heterocycles. The fraction of sp³-hybridized carbons (Fsp3) is 0.940. The molecular weight excluding hydrogens is 743 g/mol. The van der Waals surface area contributed by atoms with Gasteiger partial charge in [-0.3, -0.25) is 4.79 Å². The quantitative estimate of drug-likeness (QED) is 0.0263. The molecule has 0 aromatic rings. The van der Waals surface area contributed by atoms with Crippen LogP contribution in [-0.2, 0) is 14.3 Å². The second kappa shape index (κ2) is 41.0. The van der Waals surface area contributed by atoms with Crippen LogP contribution in [0.4, 0.5) is 0 Å². The Hall–Kier alpha value is -1.07. The average molecular weight is 840 g/mol. The van der Waals surface area contributed by atoms with E-state index >= 15 is 0 Å².